The number of fused-ring (bicyclic) bond motifs is 1. The third kappa shape index (κ3) is 7.03. The van der Waals surface area contributed by atoms with Crippen molar-refractivity contribution in [2.24, 2.45) is 0 Å². The molecule has 286 valence electrons. The van der Waals surface area contributed by atoms with Crippen molar-refractivity contribution in [1.82, 2.24) is 0 Å². The van der Waals surface area contributed by atoms with Crippen LogP contribution >= 0.6 is 0 Å². The Morgan fingerprint density at radius 2 is 1.27 bits per heavy atom. The van der Waals surface area contributed by atoms with Gasteiger partial charge in [-0.1, -0.05) is 0 Å². The van der Waals surface area contributed by atoms with Gasteiger partial charge in [0, 0.05) is 17.7 Å². The first-order valence-electron chi connectivity index (χ1n) is 16.2. The van der Waals surface area contributed by atoms with Crippen molar-refractivity contribution in [2.75, 3.05) is 6.61 Å². The summed E-state index contributed by atoms with van der Waals surface area (Å²) in [5.74, 6) is -1.97. The monoisotopic (exact) mass is 740 g/mol. The molecule has 3 aliphatic heterocycles. The summed E-state index contributed by atoms with van der Waals surface area (Å²) in [6.45, 7) is 2.02. The summed E-state index contributed by atoms with van der Waals surface area (Å²) in [4.78, 5) is 14.2. The van der Waals surface area contributed by atoms with Crippen molar-refractivity contribution < 1.29 is 89.0 Å². The Kier molecular flexibility index (Phi) is 11.0. The van der Waals surface area contributed by atoms with Gasteiger partial charge in [0.25, 0.3) is 0 Å². The first kappa shape index (κ1) is 38.1. The van der Waals surface area contributed by atoms with Gasteiger partial charge in [0.05, 0.1) is 18.8 Å². The largest absolute Gasteiger partial charge is 0.508 e. The first-order valence-corrected chi connectivity index (χ1v) is 16.2. The SMILES string of the molecule is C[C@@H]1O[C@@H](Oc2cc(O)c3c(=O)c(O[C@@H]4O[C@@H](C)[C@H](O)[C@@H](O)[C@H]4O[C@@H]4O[C@H](CO)[C@@H](O)[C@H](O)[C@H]4O)c(-c4ccc(O)cc4)oc3c2)[C@H](O)[C@H](O)[C@H]1O. The maximum Gasteiger partial charge on any atom is 0.239 e. The fourth-order valence-corrected chi connectivity index (χ4v) is 6.17. The molecule has 1 aromatic heterocycles. The van der Waals surface area contributed by atoms with E-state index in [1.165, 1.54) is 44.2 Å². The molecule has 0 unspecified atom stereocenters. The average molecular weight is 741 g/mol. The summed E-state index contributed by atoms with van der Waals surface area (Å²) in [7, 11) is 0. The van der Waals surface area contributed by atoms with Gasteiger partial charge < -0.3 is 89.0 Å². The van der Waals surface area contributed by atoms with E-state index in [4.69, 9.17) is 32.8 Å². The number of phenols is 2. The van der Waals surface area contributed by atoms with E-state index in [9.17, 15) is 61.0 Å². The highest BCUT2D eigenvalue weighted by Crippen LogP contribution is 2.39. The summed E-state index contributed by atoms with van der Waals surface area (Å²) in [6, 6.07) is 7.43. The number of aromatic hydroxyl groups is 2. The van der Waals surface area contributed by atoms with Crippen LogP contribution in [0.3, 0.4) is 0 Å². The number of aliphatic hydroxyl groups excluding tert-OH is 9. The zero-order valence-corrected chi connectivity index (χ0v) is 27.5. The van der Waals surface area contributed by atoms with Crippen molar-refractivity contribution in [3.8, 4) is 34.3 Å². The number of ether oxygens (including phenoxy) is 6. The summed E-state index contributed by atoms with van der Waals surface area (Å²) in [5.41, 5.74) is -1.14. The number of hydrogen-bond donors (Lipinski definition) is 11. The minimum atomic E-state index is -1.93. The van der Waals surface area contributed by atoms with E-state index in [-0.39, 0.29) is 28.4 Å². The molecule has 0 amide bonds. The Morgan fingerprint density at radius 1 is 0.673 bits per heavy atom. The Balaban J connectivity index is 1.40. The number of benzene rings is 2. The lowest BCUT2D eigenvalue weighted by Crippen LogP contribution is -2.64. The molecule has 3 saturated heterocycles. The number of hydrogen-bond acceptors (Lipinski definition) is 19. The second-order valence-electron chi connectivity index (χ2n) is 12.9. The van der Waals surface area contributed by atoms with E-state index in [0.717, 1.165) is 6.07 Å². The molecule has 15 atom stereocenters. The summed E-state index contributed by atoms with van der Waals surface area (Å²) in [6.07, 6.45) is -24.1. The second kappa shape index (κ2) is 15.0. The molecule has 3 aromatic rings. The van der Waals surface area contributed by atoms with Gasteiger partial charge in [-0.2, -0.15) is 0 Å². The van der Waals surface area contributed by atoms with Crippen LogP contribution in [0.25, 0.3) is 22.3 Å². The van der Waals surface area contributed by atoms with Crippen LogP contribution in [0.15, 0.2) is 45.6 Å². The third-order valence-corrected chi connectivity index (χ3v) is 9.25. The third-order valence-electron chi connectivity index (χ3n) is 9.25. The maximum atomic E-state index is 14.2. The molecular weight excluding hydrogens is 700 g/mol. The van der Waals surface area contributed by atoms with Crippen molar-refractivity contribution in [3.63, 3.8) is 0 Å². The smallest absolute Gasteiger partial charge is 0.239 e. The van der Waals surface area contributed by atoms with Gasteiger partial charge in [-0.05, 0) is 38.1 Å². The van der Waals surface area contributed by atoms with Crippen LogP contribution in [0.5, 0.6) is 23.0 Å². The predicted octanol–water partition coefficient (Wildman–Crippen LogP) is -2.89. The average Bonchev–Trinajstić information content (AvgIpc) is 3.11. The summed E-state index contributed by atoms with van der Waals surface area (Å²) >= 11 is 0. The van der Waals surface area contributed by atoms with Gasteiger partial charge in [-0.15, -0.1) is 0 Å². The Morgan fingerprint density at radius 3 is 1.92 bits per heavy atom. The van der Waals surface area contributed by atoms with Crippen molar-refractivity contribution in [3.05, 3.63) is 46.6 Å². The molecule has 6 rings (SSSR count). The molecule has 19 heteroatoms. The highest BCUT2D eigenvalue weighted by atomic mass is 16.8. The molecule has 11 N–H and O–H groups in total. The number of phenolic OH excluding ortho intramolecular Hbond substituents is 2. The molecule has 0 saturated carbocycles. The molecule has 3 aliphatic rings. The number of aliphatic hydroxyl groups is 9. The molecule has 2 aromatic carbocycles. The van der Waals surface area contributed by atoms with Crippen LogP contribution < -0.4 is 14.9 Å². The molecule has 0 radical (unpaired) electrons. The predicted molar refractivity (Wildman–Crippen MR) is 170 cm³/mol. The van der Waals surface area contributed by atoms with Gasteiger partial charge >= 0.3 is 0 Å². The summed E-state index contributed by atoms with van der Waals surface area (Å²) in [5, 5.41) is 113. The van der Waals surface area contributed by atoms with Crippen molar-refractivity contribution >= 4 is 11.0 Å². The zero-order valence-electron chi connectivity index (χ0n) is 27.5. The number of rotatable bonds is 8. The van der Waals surface area contributed by atoms with E-state index >= 15 is 0 Å². The fourth-order valence-electron chi connectivity index (χ4n) is 6.17. The lowest BCUT2D eigenvalue weighted by atomic mass is 9.97. The first-order chi connectivity index (χ1) is 24.6. The van der Waals surface area contributed by atoms with E-state index in [2.05, 4.69) is 0 Å². The summed E-state index contributed by atoms with van der Waals surface area (Å²) < 4.78 is 40.1. The Labute approximate surface area is 293 Å². The van der Waals surface area contributed by atoms with Gasteiger partial charge in [0.2, 0.25) is 23.8 Å². The highest BCUT2D eigenvalue weighted by molar-refractivity contribution is 5.88. The lowest BCUT2D eigenvalue weighted by molar-refractivity contribution is -0.355. The topological polar surface area (TPSA) is 308 Å². The van der Waals surface area contributed by atoms with Gasteiger partial charge in [-0.3, -0.25) is 4.79 Å². The van der Waals surface area contributed by atoms with E-state index in [1.807, 2.05) is 0 Å². The molecule has 19 nitrogen and oxygen atoms in total. The van der Waals surface area contributed by atoms with E-state index in [1.54, 1.807) is 0 Å². The molecule has 3 fully saturated rings. The van der Waals surface area contributed by atoms with E-state index < -0.39 is 121 Å². The lowest BCUT2D eigenvalue weighted by Gasteiger charge is -2.45. The van der Waals surface area contributed by atoms with Crippen LogP contribution in [-0.4, -0.2) is 155 Å². The van der Waals surface area contributed by atoms with E-state index in [0.29, 0.717) is 0 Å². The van der Waals surface area contributed by atoms with Crippen LogP contribution in [0.4, 0.5) is 0 Å². The zero-order chi connectivity index (χ0) is 37.8. The minimum Gasteiger partial charge on any atom is -0.508 e. The maximum absolute atomic E-state index is 14.2. The highest BCUT2D eigenvalue weighted by Gasteiger charge is 2.51. The Hall–Kier alpha value is -3.67. The van der Waals surface area contributed by atoms with Crippen LogP contribution in [-0.2, 0) is 18.9 Å². The molecule has 0 spiro atoms. The van der Waals surface area contributed by atoms with Gasteiger partial charge in [-0.25, -0.2) is 0 Å². The molecule has 52 heavy (non-hydrogen) atoms. The molecular formula is C33H40O19. The van der Waals surface area contributed by atoms with Crippen LogP contribution in [0, 0.1) is 0 Å². The molecule has 0 aliphatic carbocycles. The Bertz CT molecular complexity index is 1760. The molecule has 0 bridgehead atoms. The quantitative estimate of drug-likeness (QED) is 0.110. The van der Waals surface area contributed by atoms with Gasteiger partial charge in [0.1, 0.15) is 83.2 Å². The molecule has 4 heterocycles. The normalized spacial score (nSPS) is 38.2. The minimum absolute atomic E-state index is 0.144. The van der Waals surface area contributed by atoms with Crippen LogP contribution in [0.1, 0.15) is 13.8 Å². The van der Waals surface area contributed by atoms with Crippen molar-refractivity contribution in [2.45, 2.75) is 106 Å². The van der Waals surface area contributed by atoms with Crippen LogP contribution in [0.2, 0.25) is 0 Å². The van der Waals surface area contributed by atoms with Crippen molar-refractivity contribution in [1.29, 1.82) is 0 Å². The standard InChI is InChI=1S/C33H40O19/c1-10-19(37)23(41)26(44)31(46-10)48-14-7-15(36)18-16(8-14)49-28(12-3-5-13(35)6-4-12)29(22(18)40)51-33-30(25(43)20(38)11(2)47-33)52-32-27(45)24(42)21(39)17(9-34)50-32/h3-8,10-11,17,19-21,23-27,30-39,41-45H,9H2,1-2H3/t10-,11-,17+,19-,20-,21+,23+,24-,25+,26+,27+,30+,31-,32-,33-/m0/s1. The fraction of sp³-hybridized carbons (Fsp3) is 0.545. The second-order valence-corrected chi connectivity index (χ2v) is 12.9. The van der Waals surface area contributed by atoms with Gasteiger partial charge in [0.15, 0.2) is 18.2 Å².